The molecule has 0 aromatic carbocycles. The van der Waals surface area contributed by atoms with Crippen LogP contribution < -0.4 is 27.9 Å². The molecule has 0 amide bonds. The maximum atomic E-state index is 13.3. The largest absolute Gasteiger partial charge is 0.506 e. The lowest BCUT2D eigenvalue weighted by Gasteiger charge is -2.42. The molecule has 0 aromatic rings. The zero-order valence-corrected chi connectivity index (χ0v) is 15.6. The summed E-state index contributed by atoms with van der Waals surface area (Å²) < 4.78 is 242. The second-order valence-corrected chi connectivity index (χ2v) is 7.10. The van der Waals surface area contributed by atoms with Crippen LogP contribution in [0.1, 0.15) is 6.42 Å². The molecule has 0 aromatic heterocycles. The van der Waals surface area contributed by atoms with Gasteiger partial charge in [-0.1, -0.05) is 0 Å². The summed E-state index contributed by atoms with van der Waals surface area (Å²) in [6, 6.07) is 0. The summed E-state index contributed by atoms with van der Waals surface area (Å²) in [5, 5.41) is 0. The smallest absolute Gasteiger partial charge is 0.396 e. The van der Waals surface area contributed by atoms with Crippen molar-refractivity contribution in [3.8, 4) is 0 Å². The fourth-order valence-corrected chi connectivity index (χ4v) is 2.16. The predicted octanol–water partition coefficient (Wildman–Crippen LogP) is 0.493. The normalized spacial score (nSPS) is 16.3. The Morgan fingerprint density at radius 3 is 1.06 bits per heavy atom. The molecule has 0 unspecified atom stereocenters. The number of halogens is 18. The third-order valence-electron chi connectivity index (χ3n) is 3.37. The molecule has 0 radical (unpaired) electrons. The Hall–Kier alpha value is -0.580. The Labute approximate surface area is 167 Å². The molecule has 0 aliphatic heterocycles. The maximum absolute atomic E-state index is 13.3. The summed E-state index contributed by atoms with van der Waals surface area (Å²) in [6.07, 6.45) is -10.8. The van der Waals surface area contributed by atoms with Crippen molar-refractivity contribution in [3.63, 3.8) is 0 Å². The van der Waals surface area contributed by atoms with E-state index in [1.165, 1.54) is 0 Å². The molecule has 21 heteroatoms. The minimum Gasteiger partial charge on any atom is -0.396 e. The standard InChI is InChI=1S/C10H4F17IO3/c11-3(12,1-2-31-28(29)30)4(13,14)5(15,16)6(17,18)7(19,20)8(21,22)9(23,24)10(25,26)27/h1-2H2. The monoisotopic (exact) mass is 622 g/mol. The topological polar surface area (TPSA) is 55.3 Å². The van der Waals surface area contributed by atoms with Crippen LogP contribution >= 0.6 is 0 Å². The van der Waals surface area contributed by atoms with E-state index in [0.717, 1.165) is 0 Å². The Morgan fingerprint density at radius 1 is 0.484 bits per heavy atom. The molecule has 3 nitrogen and oxygen atoms in total. The quantitative estimate of drug-likeness (QED) is 0.264. The van der Waals surface area contributed by atoms with Gasteiger partial charge in [-0.15, -0.1) is 0 Å². The van der Waals surface area contributed by atoms with Crippen LogP contribution in [0.25, 0.3) is 0 Å². The second kappa shape index (κ2) is 8.33. The van der Waals surface area contributed by atoms with E-state index in [2.05, 4.69) is 3.07 Å². The van der Waals surface area contributed by atoms with Gasteiger partial charge >= 0.3 is 68.7 Å². The molecule has 0 spiro atoms. The molecule has 0 saturated carbocycles. The summed E-state index contributed by atoms with van der Waals surface area (Å²) in [5.41, 5.74) is 0. The Bertz CT molecular complexity index is 628. The first-order valence-electron chi connectivity index (χ1n) is 6.57. The molecular formula is C10H4F17IO3. The third-order valence-corrected chi connectivity index (χ3v) is 4.32. The lowest BCUT2D eigenvalue weighted by Crippen LogP contribution is -3.99. The third kappa shape index (κ3) is 4.59. The fraction of sp³-hybridized carbons (Fsp3) is 1.00. The molecular weight excluding hydrogens is 618 g/mol. The average molecular weight is 622 g/mol. The molecule has 0 aliphatic rings. The number of alkyl halides is 17. The Morgan fingerprint density at radius 2 is 0.774 bits per heavy atom. The van der Waals surface area contributed by atoms with Crippen molar-refractivity contribution >= 4 is 0 Å². The summed E-state index contributed by atoms with van der Waals surface area (Å²) in [6.45, 7) is -2.14. The van der Waals surface area contributed by atoms with Crippen LogP contribution in [-0.2, 0) is 3.07 Å². The molecule has 0 rings (SSSR count). The summed E-state index contributed by atoms with van der Waals surface area (Å²) in [7, 11) is 0. The van der Waals surface area contributed by atoms with Gasteiger partial charge in [-0.25, -0.2) is 0 Å². The summed E-state index contributed by atoms with van der Waals surface area (Å²) >= 11 is -4.96. The minimum atomic E-state index is -8.69. The molecule has 0 N–H and O–H groups in total. The van der Waals surface area contributed by atoms with Crippen molar-refractivity contribution in [3.05, 3.63) is 0 Å². The van der Waals surface area contributed by atoms with E-state index in [1.807, 2.05) is 0 Å². The van der Waals surface area contributed by atoms with Crippen LogP contribution in [0, 0.1) is 0 Å². The first-order valence-corrected chi connectivity index (χ1v) is 9.21. The van der Waals surface area contributed by atoms with Gasteiger partial charge in [-0.05, 0) is 3.07 Å². The fourth-order valence-electron chi connectivity index (χ4n) is 1.58. The van der Waals surface area contributed by atoms with Gasteiger partial charge in [0, 0.05) is 6.42 Å². The van der Waals surface area contributed by atoms with Crippen LogP contribution in [0.4, 0.5) is 74.6 Å². The summed E-state index contributed by atoms with van der Waals surface area (Å²) in [5.74, 6) is -57.0. The van der Waals surface area contributed by atoms with Crippen LogP contribution in [0.5, 0.6) is 0 Å². The van der Waals surface area contributed by atoms with Gasteiger partial charge in [-0.2, -0.15) is 74.6 Å². The van der Waals surface area contributed by atoms with Gasteiger partial charge < -0.3 is 6.87 Å². The van der Waals surface area contributed by atoms with Crippen LogP contribution in [0.3, 0.4) is 0 Å². The van der Waals surface area contributed by atoms with Gasteiger partial charge in [0.1, 0.15) is 6.61 Å². The van der Waals surface area contributed by atoms with E-state index in [9.17, 15) is 81.5 Å². The highest BCUT2D eigenvalue weighted by molar-refractivity contribution is 5.15. The first-order chi connectivity index (χ1) is 13.2. The van der Waals surface area contributed by atoms with E-state index in [1.54, 1.807) is 0 Å². The highest BCUT2D eigenvalue weighted by Crippen LogP contribution is 2.64. The van der Waals surface area contributed by atoms with Gasteiger partial charge in [0.25, 0.3) is 0 Å². The zero-order chi connectivity index (χ0) is 25.7. The van der Waals surface area contributed by atoms with Crippen molar-refractivity contribution in [2.45, 2.75) is 54.1 Å². The van der Waals surface area contributed by atoms with Crippen molar-refractivity contribution in [1.82, 2.24) is 0 Å². The van der Waals surface area contributed by atoms with Gasteiger partial charge in [0.2, 0.25) is 0 Å². The zero-order valence-electron chi connectivity index (χ0n) is 13.4. The van der Waals surface area contributed by atoms with Gasteiger partial charge in [0.05, 0.1) is 0 Å². The molecule has 0 saturated heterocycles. The van der Waals surface area contributed by atoms with Gasteiger partial charge in [-0.3, -0.25) is 0 Å². The SMILES string of the molecule is [O-][I+2]([O-])OCCC(F)(F)C(F)(F)C(F)(F)C(F)(F)C(F)(F)C(F)(F)C(F)(F)C(F)(F)F. The average Bonchev–Trinajstić information content (AvgIpc) is 2.51. The Kier molecular flexibility index (Phi) is 8.17. The van der Waals surface area contributed by atoms with Crippen LogP contribution in [0.2, 0.25) is 0 Å². The molecule has 31 heavy (non-hydrogen) atoms. The lowest BCUT2D eigenvalue weighted by molar-refractivity contribution is -1.63. The first kappa shape index (κ1) is 30.4. The number of hydrogen-bond acceptors (Lipinski definition) is 3. The minimum absolute atomic E-state index is 2.14. The second-order valence-electron chi connectivity index (χ2n) is 5.40. The lowest BCUT2D eigenvalue weighted by atomic mass is 9.88. The molecule has 0 aliphatic carbocycles. The van der Waals surface area contributed by atoms with Crippen LogP contribution in [-0.4, -0.2) is 54.2 Å². The Balaban J connectivity index is 6.43. The van der Waals surface area contributed by atoms with Crippen molar-refractivity contribution < 1.29 is 106 Å². The highest BCUT2D eigenvalue weighted by atomic mass is 127. The van der Waals surface area contributed by atoms with E-state index in [0.29, 0.717) is 0 Å². The molecule has 188 valence electrons. The van der Waals surface area contributed by atoms with Crippen LogP contribution in [0.15, 0.2) is 0 Å². The van der Waals surface area contributed by atoms with Crippen molar-refractivity contribution in [2.75, 3.05) is 6.61 Å². The number of rotatable bonds is 10. The van der Waals surface area contributed by atoms with Gasteiger partial charge in [0.15, 0.2) is 0 Å². The molecule has 0 atom stereocenters. The van der Waals surface area contributed by atoms with E-state index >= 15 is 0 Å². The molecule has 0 bridgehead atoms. The van der Waals surface area contributed by atoms with Crippen molar-refractivity contribution in [1.29, 1.82) is 0 Å². The number of hydrogen-bond donors (Lipinski definition) is 0. The predicted molar refractivity (Wildman–Crippen MR) is 51.3 cm³/mol. The van der Waals surface area contributed by atoms with E-state index < -0.39 is 81.7 Å². The maximum Gasteiger partial charge on any atom is 0.506 e. The van der Waals surface area contributed by atoms with E-state index in [4.69, 9.17) is 0 Å². The molecule has 0 fully saturated rings. The highest BCUT2D eigenvalue weighted by Gasteiger charge is 2.95. The molecule has 0 heterocycles. The van der Waals surface area contributed by atoms with Crippen molar-refractivity contribution in [2.24, 2.45) is 0 Å². The van der Waals surface area contributed by atoms with E-state index in [-0.39, 0.29) is 0 Å². The summed E-state index contributed by atoms with van der Waals surface area (Å²) in [4.78, 5) is 0.